The number of aldehydes is 1. The van der Waals surface area contributed by atoms with Gasteiger partial charge in [-0.3, -0.25) is 14.9 Å². The number of carbonyl (C=O) groups excluding carboxylic acids is 1. The maximum absolute atomic E-state index is 10.8. The first-order valence-electron chi connectivity index (χ1n) is 5.52. The molecule has 0 aliphatic carbocycles. The second-order valence-electron chi connectivity index (χ2n) is 3.87. The van der Waals surface area contributed by atoms with Crippen LogP contribution in [0.1, 0.15) is 24.2 Å². The molecule has 0 aliphatic rings. The van der Waals surface area contributed by atoms with Crippen molar-refractivity contribution in [3.8, 4) is 5.75 Å². The fourth-order valence-electron chi connectivity index (χ4n) is 1.31. The van der Waals surface area contributed by atoms with E-state index in [0.29, 0.717) is 12.9 Å². The van der Waals surface area contributed by atoms with Crippen LogP contribution in [0.5, 0.6) is 5.75 Å². The predicted molar refractivity (Wildman–Crippen MR) is 65.1 cm³/mol. The van der Waals surface area contributed by atoms with E-state index < -0.39 is 4.92 Å². The minimum atomic E-state index is -0.578. The van der Waals surface area contributed by atoms with Gasteiger partial charge in [-0.1, -0.05) is 0 Å². The van der Waals surface area contributed by atoms with Crippen molar-refractivity contribution in [2.24, 2.45) is 0 Å². The fourth-order valence-corrected chi connectivity index (χ4v) is 1.31. The van der Waals surface area contributed by atoms with Crippen molar-refractivity contribution in [3.63, 3.8) is 0 Å². The minimum absolute atomic E-state index is 0.0843. The lowest BCUT2D eigenvalue weighted by Gasteiger charge is -2.09. The SMILES string of the molecule is CC(C)OCCOc1ccc(C=O)cc1[N+](=O)[O-]. The van der Waals surface area contributed by atoms with Gasteiger partial charge >= 0.3 is 5.69 Å². The summed E-state index contributed by atoms with van der Waals surface area (Å²) in [5.74, 6) is 0.137. The van der Waals surface area contributed by atoms with Gasteiger partial charge in [0, 0.05) is 11.6 Å². The summed E-state index contributed by atoms with van der Waals surface area (Å²) in [6.45, 7) is 4.35. The zero-order valence-corrected chi connectivity index (χ0v) is 10.3. The molecule has 0 radical (unpaired) electrons. The molecule has 6 nitrogen and oxygen atoms in total. The zero-order valence-electron chi connectivity index (χ0n) is 10.3. The largest absolute Gasteiger partial charge is 0.484 e. The first kappa shape index (κ1) is 14.1. The molecule has 0 aromatic heterocycles. The molecule has 0 spiro atoms. The molecule has 0 aliphatic heterocycles. The highest BCUT2D eigenvalue weighted by molar-refractivity contribution is 5.77. The van der Waals surface area contributed by atoms with Crippen molar-refractivity contribution in [3.05, 3.63) is 33.9 Å². The Bertz CT molecular complexity index is 430. The van der Waals surface area contributed by atoms with Gasteiger partial charge in [-0.25, -0.2) is 0 Å². The molecule has 6 heteroatoms. The average Bonchev–Trinajstić information content (AvgIpc) is 2.34. The molecular weight excluding hydrogens is 238 g/mol. The van der Waals surface area contributed by atoms with Gasteiger partial charge in [-0.15, -0.1) is 0 Å². The molecule has 98 valence electrons. The summed E-state index contributed by atoms with van der Waals surface area (Å²) >= 11 is 0. The fraction of sp³-hybridized carbons (Fsp3) is 0.417. The monoisotopic (exact) mass is 253 g/mol. The summed E-state index contributed by atoms with van der Waals surface area (Å²) in [6, 6.07) is 4.07. The highest BCUT2D eigenvalue weighted by Gasteiger charge is 2.15. The van der Waals surface area contributed by atoms with Crippen LogP contribution in [0.3, 0.4) is 0 Å². The Labute approximate surface area is 105 Å². The Balaban J connectivity index is 2.69. The normalized spacial score (nSPS) is 10.4. The molecule has 0 amide bonds. The molecule has 1 rings (SSSR count). The summed E-state index contributed by atoms with van der Waals surface area (Å²) in [4.78, 5) is 20.8. The molecule has 18 heavy (non-hydrogen) atoms. The van der Waals surface area contributed by atoms with E-state index >= 15 is 0 Å². The van der Waals surface area contributed by atoms with Gasteiger partial charge in [-0.2, -0.15) is 0 Å². The summed E-state index contributed by atoms with van der Waals surface area (Å²) in [6.07, 6.45) is 0.639. The minimum Gasteiger partial charge on any atom is -0.484 e. The van der Waals surface area contributed by atoms with E-state index in [4.69, 9.17) is 9.47 Å². The molecular formula is C12H15NO5. The molecule has 0 heterocycles. The summed E-state index contributed by atoms with van der Waals surface area (Å²) in [5, 5.41) is 10.8. The van der Waals surface area contributed by atoms with E-state index in [9.17, 15) is 14.9 Å². The van der Waals surface area contributed by atoms with Crippen molar-refractivity contribution in [1.82, 2.24) is 0 Å². The van der Waals surface area contributed by atoms with Gasteiger partial charge in [0.2, 0.25) is 0 Å². The highest BCUT2D eigenvalue weighted by atomic mass is 16.6. The third-order valence-corrected chi connectivity index (χ3v) is 2.11. The second kappa shape index (κ2) is 6.70. The first-order chi connectivity index (χ1) is 8.54. The quantitative estimate of drug-likeness (QED) is 0.322. The van der Waals surface area contributed by atoms with Gasteiger partial charge in [-0.05, 0) is 26.0 Å². The Morgan fingerprint density at radius 2 is 2.11 bits per heavy atom. The van der Waals surface area contributed by atoms with E-state index in [1.807, 2.05) is 13.8 Å². The van der Waals surface area contributed by atoms with Gasteiger partial charge in [0.25, 0.3) is 0 Å². The van der Waals surface area contributed by atoms with Crippen molar-refractivity contribution < 1.29 is 19.2 Å². The molecule has 0 N–H and O–H groups in total. The number of benzene rings is 1. The van der Waals surface area contributed by atoms with Crippen LogP contribution in [0.2, 0.25) is 0 Å². The second-order valence-corrected chi connectivity index (χ2v) is 3.87. The van der Waals surface area contributed by atoms with Crippen molar-refractivity contribution in [2.45, 2.75) is 20.0 Å². The number of ether oxygens (including phenoxy) is 2. The number of hydrogen-bond donors (Lipinski definition) is 0. The number of hydrogen-bond acceptors (Lipinski definition) is 5. The molecule has 1 aromatic rings. The lowest BCUT2D eigenvalue weighted by molar-refractivity contribution is -0.385. The molecule has 0 unspecified atom stereocenters. The van der Waals surface area contributed by atoms with Crippen LogP contribution in [-0.2, 0) is 4.74 Å². The summed E-state index contributed by atoms with van der Waals surface area (Å²) in [5.41, 5.74) is 0.0247. The molecule has 0 fully saturated rings. The lowest BCUT2D eigenvalue weighted by Crippen LogP contribution is -2.11. The molecule has 0 atom stereocenters. The van der Waals surface area contributed by atoms with Gasteiger partial charge < -0.3 is 9.47 Å². The van der Waals surface area contributed by atoms with E-state index in [-0.39, 0.29) is 29.7 Å². The first-order valence-corrected chi connectivity index (χ1v) is 5.52. The van der Waals surface area contributed by atoms with Crippen LogP contribution in [0.4, 0.5) is 5.69 Å². The molecule has 0 saturated carbocycles. The maximum Gasteiger partial charge on any atom is 0.311 e. The topological polar surface area (TPSA) is 78.7 Å². The maximum atomic E-state index is 10.8. The Hall–Kier alpha value is -1.95. The summed E-state index contributed by atoms with van der Waals surface area (Å²) in [7, 11) is 0. The van der Waals surface area contributed by atoms with Crippen LogP contribution in [0.25, 0.3) is 0 Å². The highest BCUT2D eigenvalue weighted by Crippen LogP contribution is 2.27. The standard InChI is InChI=1S/C12H15NO5/c1-9(2)17-5-6-18-12-4-3-10(8-14)7-11(12)13(15)16/h3-4,7-9H,5-6H2,1-2H3. The average molecular weight is 253 g/mol. The Morgan fingerprint density at radius 1 is 1.39 bits per heavy atom. The smallest absolute Gasteiger partial charge is 0.311 e. The van der Waals surface area contributed by atoms with Crippen LogP contribution in [-0.4, -0.2) is 30.5 Å². The molecule has 1 aromatic carbocycles. The zero-order chi connectivity index (χ0) is 13.5. The van der Waals surface area contributed by atoms with E-state index in [2.05, 4.69) is 0 Å². The third-order valence-electron chi connectivity index (χ3n) is 2.11. The number of rotatable bonds is 7. The van der Waals surface area contributed by atoms with Gasteiger partial charge in [0.15, 0.2) is 5.75 Å². The number of nitro groups is 1. The van der Waals surface area contributed by atoms with E-state index in [1.54, 1.807) is 0 Å². The Kier molecular flexibility index (Phi) is 5.26. The third kappa shape index (κ3) is 4.14. The molecule has 0 bridgehead atoms. The Morgan fingerprint density at radius 3 is 2.67 bits per heavy atom. The summed E-state index contributed by atoms with van der Waals surface area (Å²) < 4.78 is 10.5. The number of nitrogens with zero attached hydrogens (tertiary/aromatic N) is 1. The number of nitro benzene ring substituents is 1. The van der Waals surface area contributed by atoms with Gasteiger partial charge in [0.05, 0.1) is 17.6 Å². The van der Waals surface area contributed by atoms with Crippen LogP contribution < -0.4 is 4.74 Å². The van der Waals surface area contributed by atoms with E-state index in [1.165, 1.54) is 18.2 Å². The van der Waals surface area contributed by atoms with E-state index in [0.717, 1.165) is 0 Å². The molecule has 0 saturated heterocycles. The van der Waals surface area contributed by atoms with Crippen LogP contribution in [0, 0.1) is 10.1 Å². The van der Waals surface area contributed by atoms with Crippen LogP contribution >= 0.6 is 0 Å². The number of carbonyl (C=O) groups is 1. The van der Waals surface area contributed by atoms with Crippen LogP contribution in [0.15, 0.2) is 18.2 Å². The lowest BCUT2D eigenvalue weighted by atomic mass is 10.2. The van der Waals surface area contributed by atoms with Crippen molar-refractivity contribution in [1.29, 1.82) is 0 Å². The van der Waals surface area contributed by atoms with Gasteiger partial charge in [0.1, 0.15) is 12.9 Å². The van der Waals surface area contributed by atoms with Crippen molar-refractivity contribution >= 4 is 12.0 Å². The predicted octanol–water partition coefficient (Wildman–Crippen LogP) is 2.21. The van der Waals surface area contributed by atoms with Crippen molar-refractivity contribution in [2.75, 3.05) is 13.2 Å².